The fraction of sp³-hybridized carbons (Fsp3) is 0.294. The number of likely N-dealkylation sites (tertiary alicyclic amines) is 1. The Morgan fingerprint density at radius 1 is 1.00 bits per heavy atom. The molecule has 0 aliphatic carbocycles. The minimum Gasteiger partial charge on any atom is -0.346 e. The number of hydrogen-bond donors (Lipinski definition) is 3. The average molecular weight is 659 g/mol. The molecule has 0 bridgehead atoms. The van der Waals surface area contributed by atoms with Gasteiger partial charge in [0, 0.05) is 61.2 Å². The van der Waals surface area contributed by atoms with Crippen LogP contribution in [0.3, 0.4) is 0 Å². The van der Waals surface area contributed by atoms with Gasteiger partial charge in [-0.2, -0.15) is 10.2 Å². The summed E-state index contributed by atoms with van der Waals surface area (Å²) in [4.78, 5) is 50.6. The molecule has 2 aromatic carbocycles. The lowest BCUT2D eigenvalue weighted by Gasteiger charge is -2.37. The number of nitrogens with zero attached hydrogens (tertiary/aromatic N) is 5. The summed E-state index contributed by atoms with van der Waals surface area (Å²) in [7, 11) is 1.85. The maximum absolute atomic E-state index is 13.5. The zero-order valence-electron chi connectivity index (χ0n) is 26.7. The van der Waals surface area contributed by atoms with Gasteiger partial charge in [-0.15, -0.1) is 0 Å². The highest BCUT2D eigenvalue weighted by Gasteiger charge is 2.45. The highest BCUT2D eigenvalue weighted by Crippen LogP contribution is 2.30. The molecule has 0 saturated carbocycles. The van der Waals surface area contributed by atoms with Crippen molar-refractivity contribution in [2.45, 2.75) is 45.2 Å². The quantitative estimate of drug-likeness (QED) is 0.166. The number of hydrogen-bond acceptors (Lipinski definition) is 6. The second-order valence-corrected chi connectivity index (χ2v) is 11.6. The first-order chi connectivity index (χ1) is 22.9. The molecular formula is C34H36F2N8O4. The lowest BCUT2D eigenvalue weighted by molar-refractivity contribution is -0.160. The Hall–Kier alpha value is -5.66. The number of carbonyl (C=O) groups excluding carboxylic acids is 4. The van der Waals surface area contributed by atoms with E-state index in [0.29, 0.717) is 11.1 Å². The number of rotatable bonds is 11. The van der Waals surface area contributed by atoms with Gasteiger partial charge in [-0.1, -0.05) is 18.2 Å². The highest BCUT2D eigenvalue weighted by molar-refractivity contribution is 5.98. The molecule has 0 spiro atoms. The van der Waals surface area contributed by atoms with E-state index in [0.717, 1.165) is 51.5 Å². The van der Waals surface area contributed by atoms with Crippen LogP contribution in [0, 0.1) is 0 Å². The Bertz CT molecular complexity index is 1860. The standard InChI is InChI=1S/C34H36F2N8O4/c1-4-44-14-13-29(41-44)26-16-24(15-25(17-26)27-18-37-42(3)19-27)22(2)38-33(48)28-8-6-5-7-23(28)9-10-30(45)39-40-31(46)11-12-32(47)43-20-34(35,36)21-43/h5-8,11-19,22H,4,9-10,20-21H2,1-3H3,(H,38,48)(H,39,45)(H,40,46)/b12-11+/t22-/m1/s1. The van der Waals surface area contributed by atoms with Crippen molar-refractivity contribution in [1.82, 2.24) is 40.6 Å². The minimum absolute atomic E-state index is 0.0491. The normalized spacial score (nSPS) is 14.3. The molecular weight excluding hydrogens is 622 g/mol. The van der Waals surface area contributed by atoms with Crippen LogP contribution < -0.4 is 16.2 Å². The number of benzene rings is 2. The molecule has 1 atom stereocenters. The summed E-state index contributed by atoms with van der Waals surface area (Å²) in [5.74, 6) is -5.28. The van der Waals surface area contributed by atoms with Crippen LogP contribution in [0.4, 0.5) is 8.78 Å². The molecule has 0 radical (unpaired) electrons. The summed E-state index contributed by atoms with van der Waals surface area (Å²) in [5.41, 5.74) is 9.89. The monoisotopic (exact) mass is 658 g/mol. The Morgan fingerprint density at radius 2 is 1.75 bits per heavy atom. The number of amides is 4. The van der Waals surface area contributed by atoms with Crippen LogP contribution in [-0.4, -0.2) is 67.1 Å². The van der Waals surface area contributed by atoms with E-state index in [9.17, 15) is 28.0 Å². The van der Waals surface area contributed by atoms with Crippen LogP contribution in [0.2, 0.25) is 0 Å². The number of aromatic nitrogens is 4. The molecule has 1 aliphatic rings. The van der Waals surface area contributed by atoms with Crippen LogP contribution in [-0.2, 0) is 34.4 Å². The first kappa shape index (κ1) is 33.7. The van der Waals surface area contributed by atoms with Crippen LogP contribution in [0.25, 0.3) is 22.4 Å². The lowest BCUT2D eigenvalue weighted by atomic mass is 9.96. The fourth-order valence-corrected chi connectivity index (χ4v) is 5.20. The summed E-state index contributed by atoms with van der Waals surface area (Å²) in [6, 6.07) is 14.6. The number of halogens is 2. The van der Waals surface area contributed by atoms with E-state index in [4.69, 9.17) is 0 Å². The van der Waals surface area contributed by atoms with Crippen molar-refractivity contribution >= 4 is 23.6 Å². The molecule has 0 unspecified atom stereocenters. The van der Waals surface area contributed by atoms with Crippen molar-refractivity contribution in [2.75, 3.05) is 13.1 Å². The summed E-state index contributed by atoms with van der Waals surface area (Å²) in [5, 5.41) is 12.0. The molecule has 1 saturated heterocycles. The largest absolute Gasteiger partial charge is 0.346 e. The van der Waals surface area contributed by atoms with Crippen LogP contribution in [0.15, 0.2) is 79.3 Å². The lowest BCUT2D eigenvalue weighted by Crippen LogP contribution is -2.58. The van der Waals surface area contributed by atoms with E-state index in [1.165, 1.54) is 0 Å². The second kappa shape index (κ2) is 14.4. The molecule has 1 aliphatic heterocycles. The van der Waals surface area contributed by atoms with Gasteiger partial charge in [-0.05, 0) is 67.3 Å². The van der Waals surface area contributed by atoms with Gasteiger partial charge in [0.15, 0.2) is 0 Å². The first-order valence-corrected chi connectivity index (χ1v) is 15.4. The molecule has 5 rings (SSSR count). The van der Waals surface area contributed by atoms with E-state index < -0.39 is 36.7 Å². The minimum atomic E-state index is -2.91. The van der Waals surface area contributed by atoms with Crippen molar-refractivity contribution in [1.29, 1.82) is 0 Å². The van der Waals surface area contributed by atoms with E-state index in [1.54, 1.807) is 35.1 Å². The average Bonchev–Trinajstić information content (AvgIpc) is 3.73. The third kappa shape index (κ3) is 8.37. The number of alkyl halides is 2. The Kier molecular flexibility index (Phi) is 10.1. The van der Waals surface area contributed by atoms with Gasteiger partial charge >= 0.3 is 0 Å². The van der Waals surface area contributed by atoms with Gasteiger partial charge in [0.1, 0.15) is 0 Å². The summed E-state index contributed by atoms with van der Waals surface area (Å²) in [6.45, 7) is 3.26. The Morgan fingerprint density at radius 3 is 2.44 bits per heavy atom. The molecule has 12 nitrogen and oxygen atoms in total. The van der Waals surface area contributed by atoms with Crippen molar-refractivity contribution in [3.63, 3.8) is 0 Å². The van der Waals surface area contributed by atoms with E-state index >= 15 is 0 Å². The molecule has 14 heteroatoms. The third-order valence-electron chi connectivity index (χ3n) is 7.84. The van der Waals surface area contributed by atoms with E-state index in [2.05, 4.69) is 26.4 Å². The number of nitrogens with one attached hydrogen (secondary N) is 3. The van der Waals surface area contributed by atoms with Gasteiger partial charge < -0.3 is 10.2 Å². The molecule has 3 heterocycles. The van der Waals surface area contributed by atoms with E-state index in [-0.39, 0.29) is 24.8 Å². The highest BCUT2D eigenvalue weighted by atomic mass is 19.3. The predicted octanol–water partition coefficient (Wildman–Crippen LogP) is 3.58. The summed E-state index contributed by atoms with van der Waals surface area (Å²) in [6.07, 6.45) is 7.50. The molecule has 250 valence electrons. The van der Waals surface area contributed by atoms with Crippen LogP contribution >= 0.6 is 0 Å². The SMILES string of the molecule is CCn1ccc(-c2cc(-c3cnn(C)c3)cc([C@@H](C)NC(=O)c3ccccc3CCC(=O)NNC(=O)/C=C/C(=O)N3CC(F)(F)C3)c2)n1. The van der Waals surface area contributed by atoms with Crippen LogP contribution in [0.1, 0.15) is 47.8 Å². The Balaban J connectivity index is 1.20. The molecule has 4 aromatic rings. The van der Waals surface area contributed by atoms with Crippen molar-refractivity contribution in [2.24, 2.45) is 7.05 Å². The second-order valence-electron chi connectivity index (χ2n) is 11.6. The maximum atomic E-state index is 13.5. The first-order valence-electron chi connectivity index (χ1n) is 15.4. The fourth-order valence-electron chi connectivity index (χ4n) is 5.20. The molecule has 1 fully saturated rings. The molecule has 2 aromatic heterocycles. The smallest absolute Gasteiger partial charge is 0.282 e. The molecule has 4 amide bonds. The van der Waals surface area contributed by atoms with Crippen molar-refractivity contribution in [3.05, 3.63) is 96.0 Å². The number of aryl methyl sites for hydroxylation is 3. The van der Waals surface area contributed by atoms with Gasteiger partial charge in [0.25, 0.3) is 17.7 Å². The van der Waals surface area contributed by atoms with Crippen molar-refractivity contribution < 1.29 is 28.0 Å². The van der Waals surface area contributed by atoms with Gasteiger partial charge in [0.2, 0.25) is 11.8 Å². The van der Waals surface area contributed by atoms with Gasteiger partial charge in [-0.25, -0.2) is 8.78 Å². The van der Waals surface area contributed by atoms with Crippen molar-refractivity contribution in [3.8, 4) is 22.4 Å². The van der Waals surface area contributed by atoms with E-state index in [1.807, 2.05) is 62.2 Å². The maximum Gasteiger partial charge on any atom is 0.282 e. The number of hydrazine groups is 1. The third-order valence-corrected chi connectivity index (χ3v) is 7.84. The molecule has 48 heavy (non-hydrogen) atoms. The van der Waals surface area contributed by atoms with Gasteiger partial charge in [0.05, 0.1) is 31.0 Å². The summed E-state index contributed by atoms with van der Waals surface area (Å²) < 4.78 is 29.4. The topological polar surface area (TPSA) is 143 Å². The zero-order valence-corrected chi connectivity index (χ0v) is 26.7. The summed E-state index contributed by atoms with van der Waals surface area (Å²) >= 11 is 0. The van der Waals surface area contributed by atoms with Gasteiger partial charge in [-0.3, -0.25) is 39.4 Å². The number of carbonyl (C=O) groups is 4. The molecule has 3 N–H and O–H groups in total. The zero-order chi connectivity index (χ0) is 34.4. The van der Waals surface area contributed by atoms with Crippen LogP contribution in [0.5, 0.6) is 0 Å². The Labute approximate surface area is 275 Å². The predicted molar refractivity (Wildman–Crippen MR) is 173 cm³/mol.